The van der Waals surface area contributed by atoms with Gasteiger partial charge in [-0.25, -0.2) is 0 Å². The van der Waals surface area contributed by atoms with Crippen LogP contribution in [0, 0.1) is 12.8 Å². The highest BCUT2D eigenvalue weighted by atomic mass is 16.2. The van der Waals surface area contributed by atoms with Crippen molar-refractivity contribution >= 4 is 11.8 Å². The van der Waals surface area contributed by atoms with Crippen LogP contribution in [0.2, 0.25) is 0 Å². The SMILES string of the molecule is CC(=O)NC(C(=O)NCCCc1cn[nH]c1C)C(C)C. The molecule has 0 spiro atoms. The number of nitrogens with one attached hydrogen (secondary N) is 3. The first-order valence-electron chi connectivity index (χ1n) is 6.95. The molecule has 1 aromatic rings. The minimum Gasteiger partial charge on any atom is -0.354 e. The molecule has 0 saturated heterocycles. The Morgan fingerprint density at radius 3 is 2.60 bits per heavy atom. The molecule has 6 heteroatoms. The zero-order valence-electron chi connectivity index (χ0n) is 12.6. The maximum absolute atomic E-state index is 12.0. The van der Waals surface area contributed by atoms with E-state index in [1.54, 1.807) is 0 Å². The number of nitrogens with zero attached hydrogens (tertiary/aromatic N) is 1. The number of aromatic nitrogens is 2. The van der Waals surface area contributed by atoms with E-state index in [-0.39, 0.29) is 17.7 Å². The fourth-order valence-electron chi connectivity index (χ4n) is 1.98. The van der Waals surface area contributed by atoms with E-state index in [1.807, 2.05) is 27.0 Å². The molecule has 1 unspecified atom stereocenters. The Kier molecular flexibility index (Phi) is 6.21. The van der Waals surface area contributed by atoms with Crippen molar-refractivity contribution in [1.82, 2.24) is 20.8 Å². The third-order valence-corrected chi connectivity index (χ3v) is 3.16. The lowest BCUT2D eigenvalue weighted by Gasteiger charge is -2.20. The van der Waals surface area contributed by atoms with Crippen LogP contribution in [0.3, 0.4) is 0 Å². The Labute approximate surface area is 119 Å². The topological polar surface area (TPSA) is 86.9 Å². The summed E-state index contributed by atoms with van der Waals surface area (Å²) in [5, 5.41) is 12.4. The lowest BCUT2D eigenvalue weighted by molar-refractivity contribution is -0.129. The minimum atomic E-state index is -0.469. The van der Waals surface area contributed by atoms with Gasteiger partial charge in [-0.1, -0.05) is 13.8 Å². The van der Waals surface area contributed by atoms with Crippen LogP contribution >= 0.6 is 0 Å². The third kappa shape index (κ3) is 5.03. The van der Waals surface area contributed by atoms with Crippen molar-refractivity contribution in [1.29, 1.82) is 0 Å². The van der Waals surface area contributed by atoms with Crippen LogP contribution in [-0.4, -0.2) is 34.6 Å². The van der Waals surface area contributed by atoms with E-state index in [2.05, 4.69) is 20.8 Å². The molecule has 0 bridgehead atoms. The largest absolute Gasteiger partial charge is 0.354 e. The molecule has 0 fully saturated rings. The minimum absolute atomic E-state index is 0.0648. The van der Waals surface area contributed by atoms with Gasteiger partial charge in [0.05, 0.1) is 6.20 Å². The molecule has 6 nitrogen and oxygen atoms in total. The predicted molar refractivity (Wildman–Crippen MR) is 77.1 cm³/mol. The number of H-pyrrole nitrogens is 1. The third-order valence-electron chi connectivity index (χ3n) is 3.16. The molecule has 1 heterocycles. The zero-order valence-corrected chi connectivity index (χ0v) is 12.6. The molecule has 1 rings (SSSR count). The molecule has 0 radical (unpaired) electrons. The number of carbonyl (C=O) groups excluding carboxylic acids is 2. The van der Waals surface area contributed by atoms with Crippen molar-refractivity contribution in [2.75, 3.05) is 6.54 Å². The van der Waals surface area contributed by atoms with Crippen molar-refractivity contribution in [3.63, 3.8) is 0 Å². The Bertz CT molecular complexity index is 454. The molecule has 0 aromatic carbocycles. The van der Waals surface area contributed by atoms with Gasteiger partial charge < -0.3 is 10.6 Å². The average Bonchev–Trinajstić information content (AvgIpc) is 2.76. The molecule has 3 N–H and O–H groups in total. The van der Waals surface area contributed by atoms with Gasteiger partial charge in [0.1, 0.15) is 6.04 Å². The zero-order chi connectivity index (χ0) is 15.1. The highest BCUT2D eigenvalue weighted by Gasteiger charge is 2.22. The number of carbonyl (C=O) groups is 2. The van der Waals surface area contributed by atoms with Crippen molar-refractivity contribution in [2.24, 2.45) is 5.92 Å². The normalized spacial score (nSPS) is 12.2. The summed E-state index contributed by atoms with van der Waals surface area (Å²) in [7, 11) is 0. The number of aromatic amines is 1. The first-order chi connectivity index (χ1) is 9.41. The smallest absolute Gasteiger partial charge is 0.242 e. The molecule has 1 aromatic heterocycles. The van der Waals surface area contributed by atoms with Gasteiger partial charge in [-0.15, -0.1) is 0 Å². The summed E-state index contributed by atoms with van der Waals surface area (Å²) < 4.78 is 0. The van der Waals surface area contributed by atoms with Crippen LogP contribution in [0.5, 0.6) is 0 Å². The number of hydrogen-bond donors (Lipinski definition) is 3. The van der Waals surface area contributed by atoms with Crippen LogP contribution in [0.15, 0.2) is 6.20 Å². The maximum Gasteiger partial charge on any atom is 0.242 e. The first kappa shape index (κ1) is 16.2. The average molecular weight is 280 g/mol. The van der Waals surface area contributed by atoms with Crippen LogP contribution in [-0.2, 0) is 16.0 Å². The fraction of sp³-hybridized carbons (Fsp3) is 0.643. The summed E-state index contributed by atoms with van der Waals surface area (Å²) in [5.74, 6) is -0.248. The molecule has 20 heavy (non-hydrogen) atoms. The van der Waals surface area contributed by atoms with Crippen molar-refractivity contribution < 1.29 is 9.59 Å². The highest BCUT2D eigenvalue weighted by Crippen LogP contribution is 2.05. The lowest BCUT2D eigenvalue weighted by Crippen LogP contribution is -2.49. The Morgan fingerprint density at radius 1 is 1.40 bits per heavy atom. The van der Waals surface area contributed by atoms with Gasteiger partial charge in [-0.05, 0) is 31.2 Å². The van der Waals surface area contributed by atoms with Crippen molar-refractivity contribution in [3.8, 4) is 0 Å². The molecule has 0 aliphatic rings. The van der Waals surface area contributed by atoms with Gasteiger partial charge in [-0.3, -0.25) is 14.7 Å². The first-order valence-corrected chi connectivity index (χ1v) is 6.95. The van der Waals surface area contributed by atoms with E-state index >= 15 is 0 Å². The van der Waals surface area contributed by atoms with Gasteiger partial charge >= 0.3 is 0 Å². The van der Waals surface area contributed by atoms with Gasteiger partial charge in [0.2, 0.25) is 11.8 Å². The van der Waals surface area contributed by atoms with Crippen LogP contribution in [0.1, 0.15) is 38.4 Å². The summed E-state index contributed by atoms with van der Waals surface area (Å²) in [5.41, 5.74) is 2.23. The Balaban J connectivity index is 2.34. The van der Waals surface area contributed by atoms with E-state index in [4.69, 9.17) is 0 Å². The Hall–Kier alpha value is -1.85. The summed E-state index contributed by atoms with van der Waals surface area (Å²) in [6, 6.07) is -0.469. The van der Waals surface area contributed by atoms with Crippen molar-refractivity contribution in [3.05, 3.63) is 17.5 Å². The predicted octanol–water partition coefficient (Wildman–Crippen LogP) is 0.928. The molecule has 0 saturated carbocycles. The standard InChI is InChI=1S/C14H24N4O2/c1-9(2)13(17-11(4)19)14(20)15-7-5-6-12-8-16-18-10(12)3/h8-9,13H,5-7H2,1-4H3,(H,15,20)(H,16,18)(H,17,19). The Morgan fingerprint density at radius 2 is 2.10 bits per heavy atom. The summed E-state index contributed by atoms with van der Waals surface area (Å²) in [4.78, 5) is 23.1. The van der Waals surface area contributed by atoms with Crippen LogP contribution in [0.25, 0.3) is 0 Å². The second-order valence-electron chi connectivity index (χ2n) is 5.34. The van der Waals surface area contributed by atoms with Crippen molar-refractivity contribution in [2.45, 2.75) is 46.6 Å². The van der Waals surface area contributed by atoms with Crippen LogP contribution in [0.4, 0.5) is 0 Å². The number of hydrogen-bond acceptors (Lipinski definition) is 3. The van der Waals surface area contributed by atoms with E-state index in [0.717, 1.165) is 18.5 Å². The van der Waals surface area contributed by atoms with Gasteiger partial charge in [0.25, 0.3) is 0 Å². The summed E-state index contributed by atoms with van der Waals surface area (Å²) >= 11 is 0. The monoisotopic (exact) mass is 280 g/mol. The molecule has 0 aliphatic heterocycles. The van der Waals surface area contributed by atoms with Gasteiger partial charge in [0, 0.05) is 19.2 Å². The lowest BCUT2D eigenvalue weighted by atomic mass is 10.0. The maximum atomic E-state index is 12.0. The number of rotatable bonds is 7. The molecule has 0 aliphatic carbocycles. The van der Waals surface area contributed by atoms with E-state index in [9.17, 15) is 9.59 Å². The molecule has 112 valence electrons. The van der Waals surface area contributed by atoms with E-state index in [1.165, 1.54) is 12.5 Å². The van der Waals surface area contributed by atoms with E-state index in [0.29, 0.717) is 6.54 Å². The second-order valence-corrected chi connectivity index (χ2v) is 5.34. The second kappa shape index (κ2) is 7.67. The quantitative estimate of drug-likeness (QED) is 0.649. The highest BCUT2D eigenvalue weighted by molar-refractivity contribution is 5.86. The number of aryl methyl sites for hydroxylation is 2. The molecular weight excluding hydrogens is 256 g/mol. The molecule has 2 amide bonds. The summed E-state index contributed by atoms with van der Waals surface area (Å²) in [6.07, 6.45) is 3.53. The fourth-order valence-corrected chi connectivity index (χ4v) is 1.98. The molecular formula is C14H24N4O2. The number of amides is 2. The molecule has 1 atom stereocenters. The summed E-state index contributed by atoms with van der Waals surface area (Å²) in [6.45, 7) is 7.81. The van der Waals surface area contributed by atoms with Gasteiger partial charge in [-0.2, -0.15) is 5.10 Å². The van der Waals surface area contributed by atoms with Gasteiger partial charge in [0.15, 0.2) is 0 Å². The van der Waals surface area contributed by atoms with E-state index < -0.39 is 6.04 Å². The van der Waals surface area contributed by atoms with Crippen LogP contribution < -0.4 is 10.6 Å².